The van der Waals surface area contributed by atoms with E-state index in [1.165, 1.54) is 50.1 Å². The molecule has 0 atom stereocenters. The van der Waals surface area contributed by atoms with Crippen molar-refractivity contribution in [3.05, 3.63) is 144 Å². The Hall–Kier alpha value is -5.55. The molecule has 0 unspecified atom stereocenters. The third-order valence-electron chi connectivity index (χ3n) is 12.9. The highest BCUT2D eigenvalue weighted by Gasteiger charge is 2.33. The fourth-order valence-corrected chi connectivity index (χ4v) is 8.51. The predicted octanol–water partition coefficient (Wildman–Crippen LogP) is 15.2. The minimum absolute atomic E-state index is 0.00224. The van der Waals surface area contributed by atoms with Gasteiger partial charge in [-0.25, -0.2) is 4.98 Å². The number of aromatic nitrogens is 2. The third kappa shape index (κ3) is 7.50. The molecule has 0 fully saturated rings. The smallest absolute Gasteiger partial charge is 0.137 e. The molecule has 59 heavy (non-hydrogen) atoms. The number of hydrogen-bond donors (Lipinski definition) is 0. The second-order valence-corrected chi connectivity index (χ2v) is 20.0. The highest BCUT2D eigenvalue weighted by Crippen LogP contribution is 2.49. The number of benzene rings is 5. The first-order valence-corrected chi connectivity index (χ1v) is 21.5. The Morgan fingerprint density at radius 1 is 0.508 bits per heavy atom. The van der Waals surface area contributed by atoms with Crippen LogP contribution in [0.15, 0.2) is 121 Å². The Kier molecular flexibility index (Phi) is 9.97. The van der Waals surface area contributed by atoms with E-state index in [9.17, 15) is 0 Å². The average molecular weight is 783 g/mol. The number of ether oxygens (including phenoxy) is 1. The first kappa shape index (κ1) is 40.2. The van der Waals surface area contributed by atoms with Crippen LogP contribution in [0.2, 0.25) is 0 Å². The van der Waals surface area contributed by atoms with Gasteiger partial charge in [-0.05, 0) is 123 Å². The number of anilines is 4. The fourth-order valence-electron chi connectivity index (χ4n) is 8.51. The molecule has 1 aliphatic rings. The number of nitrogens with zero attached hydrogens (tertiary/aromatic N) is 4. The maximum absolute atomic E-state index is 6.96. The van der Waals surface area contributed by atoms with Crippen LogP contribution in [0.4, 0.5) is 22.7 Å². The van der Waals surface area contributed by atoms with E-state index in [-0.39, 0.29) is 21.7 Å². The number of pyridine rings is 1. The van der Waals surface area contributed by atoms with Crippen molar-refractivity contribution in [1.29, 1.82) is 0 Å². The summed E-state index contributed by atoms with van der Waals surface area (Å²) >= 11 is 0. The summed E-state index contributed by atoms with van der Waals surface area (Å²) in [6, 6.07) is 42.5. The van der Waals surface area contributed by atoms with E-state index in [0.29, 0.717) is 6.67 Å². The van der Waals surface area contributed by atoms with Gasteiger partial charge in [0, 0.05) is 40.5 Å². The predicted molar refractivity (Wildman–Crippen MR) is 251 cm³/mol. The van der Waals surface area contributed by atoms with E-state index in [4.69, 9.17) is 9.72 Å². The molecule has 5 nitrogen and oxygen atoms in total. The van der Waals surface area contributed by atoms with Gasteiger partial charge >= 0.3 is 0 Å². The molecule has 0 bridgehead atoms. The van der Waals surface area contributed by atoms with Crippen LogP contribution in [0.3, 0.4) is 0 Å². The fraction of sp³-hybridized carbons (Fsp3) is 0.352. The minimum atomic E-state index is -0.106. The van der Waals surface area contributed by atoms with E-state index in [0.717, 1.165) is 46.9 Å². The number of para-hydroxylation sites is 1. The van der Waals surface area contributed by atoms with E-state index >= 15 is 0 Å². The zero-order valence-electron chi connectivity index (χ0n) is 37.4. The summed E-state index contributed by atoms with van der Waals surface area (Å²) in [5, 5.41) is 2.37. The van der Waals surface area contributed by atoms with E-state index in [1.807, 2.05) is 6.20 Å². The normalized spacial score (nSPS) is 13.8. The van der Waals surface area contributed by atoms with Gasteiger partial charge in [-0.15, -0.1) is 0 Å². The molecule has 5 heteroatoms. The van der Waals surface area contributed by atoms with Crippen molar-refractivity contribution in [2.24, 2.45) is 0 Å². The zero-order valence-corrected chi connectivity index (χ0v) is 37.4. The van der Waals surface area contributed by atoms with Crippen LogP contribution in [0.1, 0.15) is 118 Å². The van der Waals surface area contributed by atoms with Crippen molar-refractivity contribution in [3.8, 4) is 17.3 Å². The Morgan fingerprint density at radius 2 is 1.17 bits per heavy atom. The SMILES string of the molecule is CCC(C)(CC)c1ccc2c(c1)N(c1cccc(C(C)(C)C)c1)CN2c1cc(Oc2ccc3c4ccccc4n(-c4cc(C(C)(C)C)ccn4)c3c2)cc(C(C)(C)C)c1. The molecule has 8 rings (SSSR count). The average Bonchev–Trinajstić information content (AvgIpc) is 3.75. The molecule has 0 aliphatic carbocycles. The lowest BCUT2D eigenvalue weighted by atomic mass is 9.77. The van der Waals surface area contributed by atoms with Crippen molar-refractivity contribution < 1.29 is 4.74 Å². The molecule has 304 valence electrons. The Balaban J connectivity index is 1.24. The molecule has 0 saturated heterocycles. The third-order valence-corrected chi connectivity index (χ3v) is 12.9. The molecule has 2 aromatic heterocycles. The summed E-state index contributed by atoms with van der Waals surface area (Å²) < 4.78 is 9.24. The topological polar surface area (TPSA) is 33.5 Å². The van der Waals surface area contributed by atoms with Crippen LogP contribution in [0.5, 0.6) is 11.5 Å². The Bertz CT molecular complexity index is 2680. The molecule has 3 heterocycles. The first-order chi connectivity index (χ1) is 27.9. The van der Waals surface area contributed by atoms with Crippen LogP contribution in [-0.2, 0) is 21.7 Å². The van der Waals surface area contributed by atoms with Gasteiger partial charge in [0.25, 0.3) is 0 Å². The molecule has 7 aromatic rings. The Labute approximate surface area is 352 Å². The summed E-state index contributed by atoms with van der Waals surface area (Å²) in [6.07, 6.45) is 4.11. The van der Waals surface area contributed by atoms with Crippen molar-refractivity contribution >= 4 is 44.6 Å². The van der Waals surface area contributed by atoms with Gasteiger partial charge in [-0.2, -0.15) is 0 Å². The monoisotopic (exact) mass is 782 g/mol. The molecule has 0 spiro atoms. The van der Waals surface area contributed by atoms with E-state index < -0.39 is 0 Å². The summed E-state index contributed by atoms with van der Waals surface area (Å²) in [4.78, 5) is 9.87. The highest BCUT2D eigenvalue weighted by atomic mass is 16.5. The lowest BCUT2D eigenvalue weighted by Crippen LogP contribution is -2.25. The lowest BCUT2D eigenvalue weighted by molar-refractivity contribution is 0.439. The van der Waals surface area contributed by atoms with Crippen molar-refractivity contribution in [3.63, 3.8) is 0 Å². The summed E-state index contributed by atoms with van der Waals surface area (Å²) in [5.74, 6) is 2.51. The molecule has 0 amide bonds. The van der Waals surface area contributed by atoms with Gasteiger partial charge in [-0.1, -0.05) is 119 Å². The summed E-state index contributed by atoms with van der Waals surface area (Å²) in [7, 11) is 0. The molecule has 0 radical (unpaired) electrons. The van der Waals surface area contributed by atoms with Crippen molar-refractivity contribution in [1.82, 2.24) is 9.55 Å². The van der Waals surface area contributed by atoms with Crippen LogP contribution < -0.4 is 14.5 Å². The van der Waals surface area contributed by atoms with Crippen LogP contribution in [-0.4, -0.2) is 16.2 Å². The van der Waals surface area contributed by atoms with Gasteiger partial charge in [0.2, 0.25) is 0 Å². The molecule has 0 saturated carbocycles. The molecular weight excluding hydrogens is 721 g/mol. The zero-order chi connectivity index (χ0) is 42.1. The molecule has 5 aromatic carbocycles. The molecule has 0 N–H and O–H groups in total. The molecule has 1 aliphatic heterocycles. The lowest BCUT2D eigenvalue weighted by Gasteiger charge is -2.29. The van der Waals surface area contributed by atoms with E-state index in [2.05, 4.69) is 213 Å². The van der Waals surface area contributed by atoms with Crippen molar-refractivity contribution in [2.75, 3.05) is 16.5 Å². The second kappa shape index (κ2) is 14.6. The standard InChI is InChI=1S/C54H62N4O/c1-13-54(12,14-2)38-22-25-47-49(31-38)56(40-19-17-18-36(28-40)51(3,4)5)35-57(47)41-29-39(53(9,10)11)30-43(33-41)59-42-23-24-45-44-20-15-16-21-46(44)58(48(45)34-42)50-32-37(26-27-55-50)52(6,7)8/h15-34H,13-14,35H2,1-12H3. The number of fused-ring (bicyclic) bond motifs is 4. The van der Waals surface area contributed by atoms with E-state index in [1.54, 1.807) is 0 Å². The highest BCUT2D eigenvalue weighted by molar-refractivity contribution is 6.09. The number of rotatable bonds is 8. The maximum atomic E-state index is 6.96. The van der Waals surface area contributed by atoms with Crippen molar-refractivity contribution in [2.45, 2.75) is 118 Å². The van der Waals surface area contributed by atoms with Crippen LogP contribution in [0.25, 0.3) is 27.6 Å². The van der Waals surface area contributed by atoms with Gasteiger partial charge < -0.3 is 14.5 Å². The van der Waals surface area contributed by atoms with Gasteiger partial charge in [0.1, 0.15) is 24.0 Å². The van der Waals surface area contributed by atoms with Gasteiger partial charge in [-0.3, -0.25) is 4.57 Å². The second-order valence-electron chi connectivity index (χ2n) is 20.0. The molecular formula is C54H62N4O. The van der Waals surface area contributed by atoms with Crippen LogP contribution >= 0.6 is 0 Å². The first-order valence-electron chi connectivity index (χ1n) is 21.5. The van der Waals surface area contributed by atoms with Gasteiger partial charge in [0.15, 0.2) is 0 Å². The summed E-state index contributed by atoms with van der Waals surface area (Å²) in [5.41, 5.74) is 12.2. The Morgan fingerprint density at radius 3 is 1.88 bits per heavy atom. The minimum Gasteiger partial charge on any atom is -0.457 e. The largest absolute Gasteiger partial charge is 0.457 e. The quantitative estimate of drug-likeness (QED) is 0.154. The van der Waals surface area contributed by atoms with Gasteiger partial charge in [0.05, 0.1) is 22.4 Å². The van der Waals surface area contributed by atoms with Crippen LogP contribution in [0, 0.1) is 0 Å². The number of hydrogen-bond acceptors (Lipinski definition) is 4. The summed E-state index contributed by atoms with van der Waals surface area (Å²) in [6.45, 7) is 28.2. The maximum Gasteiger partial charge on any atom is 0.137 e.